The van der Waals surface area contributed by atoms with Crippen LogP contribution in [0.3, 0.4) is 0 Å². The molecule has 0 aliphatic carbocycles. The summed E-state index contributed by atoms with van der Waals surface area (Å²) in [6.07, 6.45) is 1.68. The highest BCUT2D eigenvalue weighted by atomic mass is 32.2. The van der Waals surface area contributed by atoms with Gasteiger partial charge in [0.2, 0.25) is 6.79 Å². The van der Waals surface area contributed by atoms with Gasteiger partial charge < -0.3 is 19.2 Å². The van der Waals surface area contributed by atoms with Gasteiger partial charge in [-0.2, -0.15) is 11.8 Å². The van der Waals surface area contributed by atoms with Crippen molar-refractivity contribution < 1.29 is 18.7 Å². The topological polar surface area (TPSA) is 63.9 Å². The molecule has 1 fully saturated rings. The average Bonchev–Trinajstić information content (AvgIpc) is 3.34. The van der Waals surface area contributed by atoms with E-state index in [0.29, 0.717) is 23.6 Å². The van der Waals surface area contributed by atoms with E-state index in [0.717, 1.165) is 30.4 Å². The number of ether oxygens (including phenoxy) is 2. The maximum absolute atomic E-state index is 12.5. The molecule has 1 amide bonds. The van der Waals surface area contributed by atoms with Crippen LogP contribution in [-0.4, -0.2) is 48.7 Å². The molecule has 2 aliphatic heterocycles. The van der Waals surface area contributed by atoms with E-state index in [2.05, 4.69) is 10.2 Å². The maximum atomic E-state index is 12.5. The third-order valence-electron chi connectivity index (χ3n) is 4.45. The lowest BCUT2D eigenvalue weighted by Crippen LogP contribution is -2.41. The summed E-state index contributed by atoms with van der Waals surface area (Å²) >= 11 is 1.96. The number of carbonyl (C=O) groups is 1. The molecule has 0 bridgehead atoms. The van der Waals surface area contributed by atoms with Crippen LogP contribution in [0.15, 0.2) is 41.0 Å². The predicted molar refractivity (Wildman–Crippen MR) is 95.2 cm³/mol. The normalized spacial score (nSPS) is 18.1. The molecule has 6 nitrogen and oxygen atoms in total. The van der Waals surface area contributed by atoms with Gasteiger partial charge in [0.25, 0.3) is 5.91 Å². The average molecular weight is 360 g/mol. The van der Waals surface area contributed by atoms with Crippen molar-refractivity contribution in [3.05, 3.63) is 47.9 Å². The Balaban J connectivity index is 1.44. The summed E-state index contributed by atoms with van der Waals surface area (Å²) < 4.78 is 16.2. The highest BCUT2D eigenvalue weighted by Crippen LogP contribution is 2.32. The van der Waals surface area contributed by atoms with E-state index in [4.69, 9.17) is 13.9 Å². The van der Waals surface area contributed by atoms with Crippen LogP contribution in [0.5, 0.6) is 11.5 Å². The van der Waals surface area contributed by atoms with Gasteiger partial charge in [-0.05, 0) is 30.3 Å². The second-order valence-corrected chi connectivity index (χ2v) is 7.18. The molecule has 0 unspecified atom stereocenters. The first-order chi connectivity index (χ1) is 12.3. The standard InChI is InChI=1S/C18H20N2O4S/c21-18(13-3-4-16-17(10-13)24-12-23-16)19-11-14(15-2-1-7-22-15)20-5-8-25-9-6-20/h1-4,7,10,14H,5-6,8-9,11-12H2,(H,19,21)/t14-/m1/s1. The Kier molecular flexibility index (Phi) is 4.85. The quantitative estimate of drug-likeness (QED) is 0.884. The molecular weight excluding hydrogens is 340 g/mol. The predicted octanol–water partition coefficient (Wildman–Crippen LogP) is 2.53. The fourth-order valence-corrected chi connectivity index (χ4v) is 4.04. The van der Waals surface area contributed by atoms with Crippen molar-refractivity contribution >= 4 is 17.7 Å². The van der Waals surface area contributed by atoms with Crippen LogP contribution in [0.1, 0.15) is 22.2 Å². The van der Waals surface area contributed by atoms with Gasteiger partial charge >= 0.3 is 0 Å². The molecule has 7 heteroatoms. The number of benzene rings is 1. The SMILES string of the molecule is O=C(NC[C@H](c1ccco1)N1CCSCC1)c1ccc2c(c1)OCO2. The molecule has 2 aliphatic rings. The largest absolute Gasteiger partial charge is 0.468 e. The highest BCUT2D eigenvalue weighted by Gasteiger charge is 2.25. The summed E-state index contributed by atoms with van der Waals surface area (Å²) in [5, 5.41) is 3.03. The van der Waals surface area contributed by atoms with E-state index in [9.17, 15) is 4.79 Å². The van der Waals surface area contributed by atoms with E-state index < -0.39 is 0 Å². The molecule has 1 atom stereocenters. The second kappa shape index (κ2) is 7.41. The van der Waals surface area contributed by atoms with Gasteiger partial charge in [-0.15, -0.1) is 0 Å². The van der Waals surface area contributed by atoms with Crippen molar-refractivity contribution in [2.45, 2.75) is 6.04 Å². The summed E-state index contributed by atoms with van der Waals surface area (Å²) in [6, 6.07) is 9.15. The zero-order valence-corrected chi connectivity index (χ0v) is 14.6. The Bertz CT molecular complexity index is 729. The van der Waals surface area contributed by atoms with Gasteiger partial charge in [0.05, 0.1) is 12.3 Å². The molecule has 0 radical (unpaired) electrons. The Morgan fingerprint density at radius 1 is 1.20 bits per heavy atom. The number of amides is 1. The minimum absolute atomic E-state index is 0.0499. The number of carbonyl (C=O) groups excluding carboxylic acids is 1. The van der Waals surface area contributed by atoms with Crippen LogP contribution in [0, 0.1) is 0 Å². The molecule has 1 N–H and O–H groups in total. The first-order valence-electron chi connectivity index (χ1n) is 8.34. The molecule has 1 saturated heterocycles. The maximum Gasteiger partial charge on any atom is 0.251 e. The van der Waals surface area contributed by atoms with Gasteiger partial charge in [0.1, 0.15) is 5.76 Å². The highest BCUT2D eigenvalue weighted by molar-refractivity contribution is 7.99. The molecule has 3 heterocycles. The Morgan fingerprint density at radius 2 is 2.04 bits per heavy atom. The summed E-state index contributed by atoms with van der Waals surface area (Å²) in [5.74, 6) is 4.26. The van der Waals surface area contributed by atoms with Crippen molar-refractivity contribution in [2.75, 3.05) is 37.9 Å². The van der Waals surface area contributed by atoms with Crippen LogP contribution in [0.2, 0.25) is 0 Å². The van der Waals surface area contributed by atoms with Gasteiger partial charge in [-0.25, -0.2) is 0 Å². The number of rotatable bonds is 5. The van der Waals surface area contributed by atoms with Crippen molar-refractivity contribution in [1.82, 2.24) is 10.2 Å². The van der Waals surface area contributed by atoms with Crippen LogP contribution >= 0.6 is 11.8 Å². The van der Waals surface area contributed by atoms with Gasteiger partial charge in [0, 0.05) is 36.7 Å². The van der Waals surface area contributed by atoms with Gasteiger partial charge in [0.15, 0.2) is 11.5 Å². The number of furan rings is 1. The Hall–Kier alpha value is -2.12. The van der Waals surface area contributed by atoms with E-state index in [-0.39, 0.29) is 18.7 Å². The molecule has 4 rings (SSSR count). The fourth-order valence-electron chi connectivity index (χ4n) is 3.11. The summed E-state index contributed by atoms with van der Waals surface area (Å²) in [6.45, 7) is 2.70. The van der Waals surface area contributed by atoms with Crippen LogP contribution in [0.4, 0.5) is 0 Å². The van der Waals surface area contributed by atoms with Crippen LogP contribution in [0.25, 0.3) is 0 Å². The number of thioether (sulfide) groups is 1. The molecule has 0 spiro atoms. The zero-order valence-electron chi connectivity index (χ0n) is 13.8. The van der Waals surface area contributed by atoms with E-state index >= 15 is 0 Å². The third-order valence-corrected chi connectivity index (χ3v) is 5.39. The first-order valence-corrected chi connectivity index (χ1v) is 9.50. The van der Waals surface area contributed by atoms with Crippen molar-refractivity contribution in [3.63, 3.8) is 0 Å². The zero-order chi connectivity index (χ0) is 17.1. The molecule has 2 aromatic rings. The van der Waals surface area contributed by atoms with E-state index in [1.165, 1.54) is 0 Å². The molecule has 1 aromatic heterocycles. The lowest BCUT2D eigenvalue weighted by Gasteiger charge is -2.33. The van der Waals surface area contributed by atoms with Gasteiger partial charge in [-0.1, -0.05) is 0 Å². The molecule has 132 valence electrons. The first kappa shape index (κ1) is 16.4. The lowest BCUT2D eigenvalue weighted by atomic mass is 10.1. The second-order valence-electron chi connectivity index (χ2n) is 5.96. The molecular formula is C18H20N2O4S. The van der Waals surface area contributed by atoms with E-state index in [1.54, 1.807) is 24.5 Å². The fraction of sp³-hybridized carbons (Fsp3) is 0.389. The van der Waals surface area contributed by atoms with Crippen LogP contribution in [-0.2, 0) is 0 Å². The van der Waals surface area contributed by atoms with Crippen molar-refractivity contribution in [3.8, 4) is 11.5 Å². The monoisotopic (exact) mass is 360 g/mol. The number of hydrogen-bond donors (Lipinski definition) is 1. The minimum Gasteiger partial charge on any atom is -0.468 e. The van der Waals surface area contributed by atoms with Crippen molar-refractivity contribution in [1.29, 1.82) is 0 Å². The summed E-state index contributed by atoms with van der Waals surface area (Å²) in [4.78, 5) is 14.9. The van der Waals surface area contributed by atoms with Crippen LogP contribution < -0.4 is 14.8 Å². The number of fused-ring (bicyclic) bond motifs is 1. The Labute approximate surface area is 150 Å². The number of hydrogen-bond acceptors (Lipinski definition) is 6. The molecule has 0 saturated carbocycles. The van der Waals surface area contributed by atoms with E-state index in [1.807, 2.05) is 23.9 Å². The molecule has 1 aromatic carbocycles. The summed E-state index contributed by atoms with van der Waals surface area (Å²) in [7, 11) is 0. The minimum atomic E-state index is -0.124. The molecule has 25 heavy (non-hydrogen) atoms. The smallest absolute Gasteiger partial charge is 0.251 e. The van der Waals surface area contributed by atoms with Crippen molar-refractivity contribution in [2.24, 2.45) is 0 Å². The summed E-state index contributed by atoms with van der Waals surface area (Å²) in [5.41, 5.74) is 0.566. The lowest BCUT2D eigenvalue weighted by molar-refractivity contribution is 0.0929. The number of nitrogens with zero attached hydrogens (tertiary/aromatic N) is 1. The third kappa shape index (κ3) is 3.62. The van der Waals surface area contributed by atoms with Gasteiger partial charge in [-0.3, -0.25) is 9.69 Å². The Morgan fingerprint density at radius 3 is 2.84 bits per heavy atom. The number of nitrogens with one attached hydrogen (secondary N) is 1.